The van der Waals surface area contributed by atoms with Crippen molar-refractivity contribution >= 4 is 12.1 Å². The molecule has 0 amide bonds. The van der Waals surface area contributed by atoms with Crippen LogP contribution in [0.4, 0.5) is 0 Å². The fourth-order valence-corrected chi connectivity index (χ4v) is 0.400. The van der Waals surface area contributed by atoms with Crippen molar-refractivity contribution in [1.29, 1.82) is 0 Å². The van der Waals surface area contributed by atoms with E-state index in [1.54, 1.807) is 13.8 Å². The number of hydrogen-bond donors (Lipinski definition) is 0. The van der Waals surface area contributed by atoms with E-state index in [1.165, 1.54) is 6.08 Å². The molecule has 0 aliphatic rings. The second-order valence-corrected chi connectivity index (χ2v) is 1.75. The summed E-state index contributed by atoms with van der Waals surface area (Å²) in [4.78, 5) is 20.6. The molecular formula is C8H8O2. The Morgan fingerprint density at radius 2 is 2.10 bits per heavy atom. The molecule has 0 aromatic carbocycles. The van der Waals surface area contributed by atoms with Crippen LogP contribution in [-0.2, 0) is 9.59 Å². The SMILES string of the molecule is CC#CC(=O)C=C(C)C=O. The van der Waals surface area contributed by atoms with Gasteiger partial charge in [-0.1, -0.05) is 5.92 Å². The van der Waals surface area contributed by atoms with Gasteiger partial charge in [0.05, 0.1) is 0 Å². The fourth-order valence-electron chi connectivity index (χ4n) is 0.400. The van der Waals surface area contributed by atoms with Gasteiger partial charge in [0, 0.05) is 6.08 Å². The van der Waals surface area contributed by atoms with Gasteiger partial charge < -0.3 is 0 Å². The van der Waals surface area contributed by atoms with Gasteiger partial charge in [-0.25, -0.2) is 0 Å². The van der Waals surface area contributed by atoms with Gasteiger partial charge in [-0.15, -0.1) is 0 Å². The number of allylic oxidation sites excluding steroid dienone is 2. The van der Waals surface area contributed by atoms with Crippen molar-refractivity contribution in [3.63, 3.8) is 0 Å². The lowest BCUT2D eigenvalue weighted by molar-refractivity contribution is -0.110. The first kappa shape index (κ1) is 8.64. The molecule has 0 aliphatic carbocycles. The minimum atomic E-state index is -0.327. The Kier molecular flexibility index (Phi) is 3.90. The summed E-state index contributed by atoms with van der Waals surface area (Å²) in [6.45, 7) is 3.13. The minimum absolute atomic E-state index is 0.327. The quantitative estimate of drug-likeness (QED) is 0.242. The van der Waals surface area contributed by atoms with E-state index in [-0.39, 0.29) is 5.78 Å². The summed E-state index contributed by atoms with van der Waals surface area (Å²) in [6, 6.07) is 0. The number of rotatable bonds is 2. The van der Waals surface area contributed by atoms with Gasteiger partial charge >= 0.3 is 0 Å². The van der Waals surface area contributed by atoms with Gasteiger partial charge in [-0.2, -0.15) is 0 Å². The van der Waals surface area contributed by atoms with Crippen molar-refractivity contribution in [2.45, 2.75) is 13.8 Å². The molecule has 0 aliphatic heterocycles. The number of carbonyl (C=O) groups excluding carboxylic acids is 2. The average molecular weight is 136 g/mol. The predicted octanol–water partition coefficient (Wildman–Crippen LogP) is 0.724. The molecule has 52 valence electrons. The van der Waals surface area contributed by atoms with Crippen LogP contribution >= 0.6 is 0 Å². The van der Waals surface area contributed by atoms with Crippen LogP contribution in [-0.4, -0.2) is 12.1 Å². The van der Waals surface area contributed by atoms with Gasteiger partial charge in [-0.05, 0) is 25.3 Å². The van der Waals surface area contributed by atoms with Gasteiger partial charge in [0.25, 0.3) is 0 Å². The molecule has 0 fully saturated rings. The second kappa shape index (κ2) is 4.51. The normalized spacial score (nSPS) is 9.60. The van der Waals surface area contributed by atoms with Crippen molar-refractivity contribution in [3.8, 4) is 11.8 Å². The largest absolute Gasteiger partial charge is 0.298 e. The first-order valence-electron chi connectivity index (χ1n) is 2.81. The average Bonchev–Trinajstić information content (AvgIpc) is 1.88. The highest BCUT2D eigenvalue weighted by molar-refractivity contribution is 6.06. The van der Waals surface area contributed by atoms with Crippen LogP contribution in [0.15, 0.2) is 11.6 Å². The Morgan fingerprint density at radius 1 is 1.50 bits per heavy atom. The van der Waals surface area contributed by atoms with Crippen LogP contribution < -0.4 is 0 Å². The van der Waals surface area contributed by atoms with E-state index in [1.807, 2.05) is 0 Å². The first-order chi connectivity index (χ1) is 4.70. The van der Waals surface area contributed by atoms with E-state index < -0.39 is 0 Å². The molecule has 0 atom stereocenters. The molecule has 0 bridgehead atoms. The highest BCUT2D eigenvalue weighted by Crippen LogP contribution is 1.85. The maximum absolute atomic E-state index is 10.6. The van der Waals surface area contributed by atoms with Gasteiger partial charge in [0.2, 0.25) is 5.78 Å². The third-order valence-corrected chi connectivity index (χ3v) is 0.793. The summed E-state index contributed by atoms with van der Waals surface area (Å²) < 4.78 is 0. The molecule has 0 N–H and O–H groups in total. The lowest BCUT2D eigenvalue weighted by atomic mass is 10.2. The van der Waals surface area contributed by atoms with Crippen LogP contribution in [0.25, 0.3) is 0 Å². The Hall–Kier alpha value is -1.36. The number of hydrogen-bond acceptors (Lipinski definition) is 2. The summed E-state index contributed by atoms with van der Waals surface area (Å²) >= 11 is 0. The van der Waals surface area contributed by atoms with Crippen molar-refractivity contribution < 1.29 is 9.59 Å². The molecule has 10 heavy (non-hydrogen) atoms. The molecule has 0 radical (unpaired) electrons. The lowest BCUT2D eigenvalue weighted by Crippen LogP contribution is -1.88. The van der Waals surface area contributed by atoms with Crippen molar-refractivity contribution in [1.82, 2.24) is 0 Å². The maximum atomic E-state index is 10.6. The Bertz CT molecular complexity index is 225. The summed E-state index contributed by atoms with van der Waals surface area (Å²) in [5.41, 5.74) is 0.396. The van der Waals surface area contributed by atoms with Crippen LogP contribution in [0.5, 0.6) is 0 Å². The van der Waals surface area contributed by atoms with Crippen LogP contribution in [0, 0.1) is 11.8 Å². The zero-order valence-electron chi connectivity index (χ0n) is 5.97. The highest BCUT2D eigenvalue weighted by Gasteiger charge is 1.89. The summed E-state index contributed by atoms with van der Waals surface area (Å²) in [7, 11) is 0. The molecule has 0 unspecified atom stereocenters. The molecule has 0 saturated heterocycles. The van der Waals surface area contributed by atoms with Crippen LogP contribution in [0.3, 0.4) is 0 Å². The second-order valence-electron chi connectivity index (χ2n) is 1.75. The van der Waals surface area contributed by atoms with E-state index in [2.05, 4.69) is 11.8 Å². The molecule has 0 heterocycles. The van der Waals surface area contributed by atoms with Crippen molar-refractivity contribution in [2.75, 3.05) is 0 Å². The zero-order valence-corrected chi connectivity index (χ0v) is 5.97. The molecule has 0 rings (SSSR count). The summed E-state index contributed by atoms with van der Waals surface area (Å²) in [5, 5.41) is 0. The van der Waals surface area contributed by atoms with Crippen LogP contribution in [0.1, 0.15) is 13.8 Å². The monoisotopic (exact) mass is 136 g/mol. The van der Waals surface area contributed by atoms with Gasteiger partial charge in [0.15, 0.2) is 0 Å². The Morgan fingerprint density at radius 3 is 2.50 bits per heavy atom. The lowest BCUT2D eigenvalue weighted by Gasteiger charge is -1.80. The fraction of sp³-hybridized carbons (Fsp3) is 0.250. The maximum Gasteiger partial charge on any atom is 0.229 e. The molecule has 0 aromatic rings. The van der Waals surface area contributed by atoms with Crippen LogP contribution in [0.2, 0.25) is 0 Å². The van der Waals surface area contributed by atoms with Crippen molar-refractivity contribution in [2.24, 2.45) is 0 Å². The third-order valence-electron chi connectivity index (χ3n) is 0.793. The van der Waals surface area contributed by atoms with Gasteiger partial charge in [-0.3, -0.25) is 9.59 Å². The highest BCUT2D eigenvalue weighted by atomic mass is 16.1. The van der Waals surface area contributed by atoms with Crippen molar-refractivity contribution in [3.05, 3.63) is 11.6 Å². The molecule has 2 nitrogen and oxygen atoms in total. The smallest absolute Gasteiger partial charge is 0.229 e. The first-order valence-corrected chi connectivity index (χ1v) is 2.81. The van der Waals surface area contributed by atoms with E-state index in [9.17, 15) is 9.59 Å². The standard InChI is InChI=1S/C8H8O2/c1-3-4-8(10)5-7(2)6-9/h5-6H,1-2H3. The Balaban J connectivity index is 4.22. The van der Waals surface area contributed by atoms with E-state index >= 15 is 0 Å². The predicted molar refractivity (Wildman–Crippen MR) is 38.3 cm³/mol. The van der Waals surface area contributed by atoms with E-state index in [0.717, 1.165) is 0 Å². The van der Waals surface area contributed by atoms with E-state index in [0.29, 0.717) is 11.9 Å². The summed E-state index contributed by atoms with van der Waals surface area (Å²) in [6.07, 6.45) is 1.83. The number of ketones is 1. The molecule has 2 heteroatoms. The summed E-state index contributed by atoms with van der Waals surface area (Å²) in [5.74, 6) is 4.40. The van der Waals surface area contributed by atoms with E-state index in [4.69, 9.17) is 0 Å². The topological polar surface area (TPSA) is 34.1 Å². The third kappa shape index (κ3) is 3.62. The Labute approximate surface area is 59.9 Å². The van der Waals surface area contributed by atoms with Gasteiger partial charge in [0.1, 0.15) is 6.29 Å². The molecule has 0 aromatic heterocycles. The number of carbonyl (C=O) groups is 2. The molecule has 0 saturated carbocycles. The molecular weight excluding hydrogens is 128 g/mol. The zero-order chi connectivity index (χ0) is 7.98. The molecule has 0 spiro atoms. The number of aldehydes is 1. The minimum Gasteiger partial charge on any atom is -0.298 e.